The molecule has 1 aliphatic rings. The van der Waals surface area contributed by atoms with Crippen molar-refractivity contribution in [3.8, 4) is 0 Å². The van der Waals surface area contributed by atoms with Crippen LogP contribution in [-0.4, -0.2) is 47.0 Å². The van der Waals surface area contributed by atoms with Gasteiger partial charge in [-0.1, -0.05) is 12.1 Å². The van der Waals surface area contributed by atoms with Crippen LogP contribution in [0.25, 0.3) is 6.08 Å². The highest BCUT2D eigenvalue weighted by molar-refractivity contribution is 5.99. The normalized spacial score (nSPS) is 26.4. The number of ether oxygens (including phenoxy) is 3. The summed E-state index contributed by atoms with van der Waals surface area (Å²) in [6, 6.07) is 5.43. The lowest BCUT2D eigenvalue weighted by atomic mass is 10.1. The summed E-state index contributed by atoms with van der Waals surface area (Å²) in [6.45, 7) is 4.74. The molecular weight excluding hydrogens is 402 g/mol. The highest BCUT2D eigenvalue weighted by atomic mass is 16.6. The smallest absolute Gasteiger partial charge is 0.331 e. The summed E-state index contributed by atoms with van der Waals surface area (Å²) in [5, 5.41) is 0. The number of carbonyl (C=O) groups is 4. The van der Waals surface area contributed by atoms with E-state index in [-0.39, 0.29) is 12.8 Å². The molecule has 2 heterocycles. The van der Waals surface area contributed by atoms with Crippen molar-refractivity contribution in [2.24, 2.45) is 0 Å². The van der Waals surface area contributed by atoms with Crippen molar-refractivity contribution in [1.29, 1.82) is 0 Å². The molecule has 0 amide bonds. The van der Waals surface area contributed by atoms with Gasteiger partial charge in [-0.25, -0.2) is 9.59 Å². The first kappa shape index (κ1) is 23.7. The van der Waals surface area contributed by atoms with E-state index in [1.165, 1.54) is 19.1 Å². The van der Waals surface area contributed by atoms with E-state index in [0.29, 0.717) is 11.3 Å². The molecule has 0 spiro atoms. The molecule has 1 aromatic heterocycles. The van der Waals surface area contributed by atoms with Crippen LogP contribution in [0.5, 0.6) is 0 Å². The fourth-order valence-corrected chi connectivity index (χ4v) is 2.68. The Morgan fingerprint density at radius 2 is 1.74 bits per heavy atom. The number of hydrogen-bond donors (Lipinski definition) is 0. The van der Waals surface area contributed by atoms with Gasteiger partial charge in [0.15, 0.2) is 11.9 Å². The van der Waals surface area contributed by atoms with E-state index in [2.05, 4.69) is 4.98 Å². The predicted molar refractivity (Wildman–Crippen MR) is 111 cm³/mol. The lowest BCUT2D eigenvalue weighted by molar-refractivity contribution is -0.153. The van der Waals surface area contributed by atoms with Crippen LogP contribution in [-0.2, 0) is 33.4 Å². The Morgan fingerprint density at radius 3 is 2.45 bits per heavy atom. The maximum atomic E-state index is 12.4. The fraction of sp³-hybridized carbons (Fsp3) is 0.348. The summed E-state index contributed by atoms with van der Waals surface area (Å²) in [7, 11) is 0. The quantitative estimate of drug-likeness (QED) is 0.524. The molecule has 0 aliphatic carbocycles. The molecule has 0 aromatic carbocycles. The predicted octanol–water partition coefficient (Wildman–Crippen LogP) is 2.74. The Kier molecular flexibility index (Phi) is 8.87. The Morgan fingerprint density at radius 1 is 1.00 bits per heavy atom. The van der Waals surface area contributed by atoms with Gasteiger partial charge in [0.05, 0.1) is 12.1 Å². The summed E-state index contributed by atoms with van der Waals surface area (Å²) in [6.07, 6.45) is 5.56. The average Bonchev–Trinajstić information content (AvgIpc) is 2.71. The molecule has 1 unspecified atom stereocenters. The van der Waals surface area contributed by atoms with Crippen molar-refractivity contribution in [2.45, 2.75) is 51.9 Å². The van der Waals surface area contributed by atoms with Gasteiger partial charge in [-0.05, 0) is 50.6 Å². The lowest BCUT2D eigenvalue weighted by Gasteiger charge is -2.19. The fourth-order valence-electron chi connectivity index (χ4n) is 2.68. The van der Waals surface area contributed by atoms with E-state index >= 15 is 0 Å². The highest BCUT2D eigenvalue weighted by Gasteiger charge is 2.21. The number of hydrogen-bond acceptors (Lipinski definition) is 8. The number of esters is 3. The van der Waals surface area contributed by atoms with Crippen LogP contribution in [0.3, 0.4) is 0 Å². The third-order valence-electron chi connectivity index (χ3n) is 4.30. The zero-order chi connectivity index (χ0) is 22.8. The molecule has 0 N–H and O–H groups in total. The molecule has 0 fully saturated rings. The van der Waals surface area contributed by atoms with E-state index in [1.54, 1.807) is 32.2 Å². The Labute approximate surface area is 180 Å². The van der Waals surface area contributed by atoms with Crippen LogP contribution in [0.2, 0.25) is 0 Å². The minimum atomic E-state index is -1.06. The van der Waals surface area contributed by atoms with Crippen LogP contribution in [0.15, 0.2) is 54.3 Å². The topological polar surface area (TPSA) is 109 Å². The molecular formula is C23H25NO7. The molecule has 0 saturated heterocycles. The highest BCUT2D eigenvalue weighted by Crippen LogP contribution is 2.17. The van der Waals surface area contributed by atoms with Gasteiger partial charge in [-0.3, -0.25) is 14.6 Å². The first-order valence-electron chi connectivity index (χ1n) is 9.83. The Bertz CT molecular complexity index is 902. The molecule has 0 bridgehead atoms. The zero-order valence-electron chi connectivity index (χ0n) is 17.6. The van der Waals surface area contributed by atoms with Gasteiger partial charge in [-0.15, -0.1) is 0 Å². The number of cyclic esters (lactones) is 3. The van der Waals surface area contributed by atoms with Crippen LogP contribution >= 0.6 is 0 Å². The Hall–Kier alpha value is -3.55. The second-order valence-corrected chi connectivity index (χ2v) is 7.03. The van der Waals surface area contributed by atoms with Gasteiger partial charge in [0, 0.05) is 24.8 Å². The van der Waals surface area contributed by atoms with Crippen molar-refractivity contribution in [1.82, 2.24) is 4.98 Å². The number of carbonyl (C=O) groups excluding carboxylic acids is 4. The van der Waals surface area contributed by atoms with E-state index in [4.69, 9.17) is 14.2 Å². The Balaban J connectivity index is 2.24. The number of pyridine rings is 1. The molecule has 2 rings (SSSR count). The third-order valence-corrected chi connectivity index (χ3v) is 4.30. The van der Waals surface area contributed by atoms with Gasteiger partial charge in [-0.2, -0.15) is 0 Å². The summed E-state index contributed by atoms with van der Waals surface area (Å²) in [5.41, 5.74) is 1.40. The monoisotopic (exact) mass is 427 g/mol. The zero-order valence-corrected chi connectivity index (χ0v) is 17.6. The standard InChI is InChI=1S/C23H25NO7/c1-15(13-18-7-4-5-12-24-18)20-8-6-9-21(26)30-17(3)19(25)10-11-22(27)29-16(2)14-23(28)31-20/h4-7,9-13,16-17,20H,8,14H2,1-3H3/b9-6+,11-10+,15-13+/t16-,17-,20?/m0/s1. The maximum absolute atomic E-state index is 12.4. The number of rotatable bonds is 2. The average molecular weight is 427 g/mol. The molecule has 0 radical (unpaired) electrons. The van der Waals surface area contributed by atoms with Gasteiger partial charge in [0.1, 0.15) is 12.2 Å². The molecule has 3 atom stereocenters. The van der Waals surface area contributed by atoms with E-state index in [9.17, 15) is 19.2 Å². The summed E-state index contributed by atoms with van der Waals surface area (Å²) < 4.78 is 15.7. The van der Waals surface area contributed by atoms with Gasteiger partial charge < -0.3 is 14.2 Å². The minimum Gasteiger partial charge on any atom is -0.459 e. The molecule has 1 aromatic rings. The first-order valence-corrected chi connectivity index (χ1v) is 9.83. The SMILES string of the molecule is C/C(=C\c1ccccn1)C1C/C=C/C(=O)O[C@@H](C)C(=O)/C=C/C(=O)O[C@@H](C)CC(=O)O1. The van der Waals surface area contributed by atoms with Gasteiger partial charge in [0.2, 0.25) is 0 Å². The van der Waals surface area contributed by atoms with E-state index in [1.807, 2.05) is 12.1 Å². The number of ketones is 1. The van der Waals surface area contributed by atoms with Crippen molar-refractivity contribution >= 4 is 29.8 Å². The summed E-state index contributed by atoms with van der Waals surface area (Å²) >= 11 is 0. The van der Waals surface area contributed by atoms with Crippen molar-refractivity contribution < 1.29 is 33.4 Å². The summed E-state index contributed by atoms with van der Waals surface area (Å²) in [4.78, 5) is 52.4. The molecule has 164 valence electrons. The van der Waals surface area contributed by atoms with Gasteiger partial charge in [0.25, 0.3) is 0 Å². The summed E-state index contributed by atoms with van der Waals surface area (Å²) in [5.74, 6) is -2.66. The number of aromatic nitrogens is 1. The van der Waals surface area contributed by atoms with Gasteiger partial charge >= 0.3 is 17.9 Å². The van der Waals surface area contributed by atoms with Crippen molar-refractivity contribution in [3.63, 3.8) is 0 Å². The molecule has 8 heteroatoms. The first-order chi connectivity index (χ1) is 14.7. The molecule has 31 heavy (non-hydrogen) atoms. The van der Waals surface area contributed by atoms with Crippen LogP contribution < -0.4 is 0 Å². The van der Waals surface area contributed by atoms with Crippen LogP contribution in [0.1, 0.15) is 39.3 Å². The second-order valence-electron chi connectivity index (χ2n) is 7.03. The van der Waals surface area contributed by atoms with Crippen LogP contribution in [0.4, 0.5) is 0 Å². The number of nitrogens with zero attached hydrogens (tertiary/aromatic N) is 1. The van der Waals surface area contributed by atoms with Crippen molar-refractivity contribution in [3.05, 3.63) is 60.0 Å². The van der Waals surface area contributed by atoms with E-state index in [0.717, 1.165) is 12.2 Å². The largest absolute Gasteiger partial charge is 0.459 e. The minimum absolute atomic E-state index is 0.164. The lowest BCUT2D eigenvalue weighted by Crippen LogP contribution is -2.25. The molecule has 1 aliphatic heterocycles. The van der Waals surface area contributed by atoms with Crippen LogP contribution in [0, 0.1) is 0 Å². The van der Waals surface area contributed by atoms with E-state index < -0.39 is 42.0 Å². The maximum Gasteiger partial charge on any atom is 0.331 e. The molecule has 0 saturated carbocycles. The van der Waals surface area contributed by atoms with Crippen molar-refractivity contribution in [2.75, 3.05) is 0 Å². The third kappa shape index (κ3) is 8.38. The second kappa shape index (κ2) is 11.6. The molecule has 8 nitrogen and oxygen atoms in total.